The molecule has 6 heteroatoms. The Hall–Kier alpha value is -2.34. The first-order valence-electron chi connectivity index (χ1n) is 11.5. The van der Waals surface area contributed by atoms with Gasteiger partial charge in [-0.3, -0.25) is 14.5 Å². The Bertz CT molecular complexity index is 876. The monoisotopic (exact) mass is 410 g/mol. The molecular weight excluding hydrogens is 376 g/mol. The SMILES string of the molecule is CCn1cc(CC(=O)NCCN2CCN(C(=O)C3CCCC3)CC2)c2ccccc21. The molecular formula is C24H34N4O2. The number of aromatic nitrogens is 1. The van der Waals surface area contributed by atoms with Gasteiger partial charge in [0, 0.05) is 68.8 Å². The number of piperazine rings is 1. The Morgan fingerprint density at radius 3 is 2.53 bits per heavy atom. The number of aryl methyl sites for hydroxylation is 1. The number of hydrogen-bond acceptors (Lipinski definition) is 3. The number of carbonyl (C=O) groups is 2. The lowest BCUT2D eigenvalue weighted by Gasteiger charge is -2.36. The van der Waals surface area contributed by atoms with Gasteiger partial charge in [0.1, 0.15) is 0 Å². The fraction of sp³-hybridized carbons (Fsp3) is 0.583. The smallest absolute Gasteiger partial charge is 0.225 e. The van der Waals surface area contributed by atoms with Gasteiger partial charge in [-0.15, -0.1) is 0 Å². The van der Waals surface area contributed by atoms with E-state index in [1.54, 1.807) is 0 Å². The third-order valence-electron chi connectivity index (χ3n) is 6.70. The first kappa shape index (κ1) is 20.9. The second-order valence-electron chi connectivity index (χ2n) is 8.63. The fourth-order valence-electron chi connectivity index (χ4n) is 4.94. The number of carbonyl (C=O) groups excluding carboxylic acids is 2. The van der Waals surface area contributed by atoms with E-state index >= 15 is 0 Å². The van der Waals surface area contributed by atoms with Gasteiger partial charge >= 0.3 is 0 Å². The third-order valence-corrected chi connectivity index (χ3v) is 6.70. The van der Waals surface area contributed by atoms with Crippen LogP contribution in [-0.4, -0.2) is 65.4 Å². The molecule has 2 aliphatic rings. The molecule has 1 aliphatic carbocycles. The highest BCUT2D eigenvalue weighted by Crippen LogP contribution is 2.27. The van der Waals surface area contributed by atoms with Crippen molar-refractivity contribution in [1.82, 2.24) is 19.7 Å². The van der Waals surface area contributed by atoms with Crippen molar-refractivity contribution in [2.45, 2.75) is 45.6 Å². The molecule has 1 saturated carbocycles. The molecule has 162 valence electrons. The number of rotatable bonds is 7. The second-order valence-corrected chi connectivity index (χ2v) is 8.63. The highest BCUT2D eigenvalue weighted by Gasteiger charge is 2.29. The van der Waals surface area contributed by atoms with Gasteiger partial charge in [-0.25, -0.2) is 0 Å². The van der Waals surface area contributed by atoms with Gasteiger partial charge in [0.25, 0.3) is 0 Å². The molecule has 0 atom stereocenters. The van der Waals surface area contributed by atoms with Crippen LogP contribution in [-0.2, 0) is 22.6 Å². The van der Waals surface area contributed by atoms with Gasteiger partial charge in [0.15, 0.2) is 0 Å². The molecule has 1 aromatic carbocycles. The Morgan fingerprint density at radius 1 is 1.07 bits per heavy atom. The van der Waals surface area contributed by atoms with Crippen LogP contribution in [0.4, 0.5) is 0 Å². The molecule has 1 saturated heterocycles. The van der Waals surface area contributed by atoms with E-state index in [-0.39, 0.29) is 11.8 Å². The molecule has 0 radical (unpaired) electrons. The van der Waals surface area contributed by atoms with Gasteiger partial charge in [-0.05, 0) is 31.4 Å². The first-order valence-corrected chi connectivity index (χ1v) is 11.5. The summed E-state index contributed by atoms with van der Waals surface area (Å²) in [5.41, 5.74) is 2.27. The first-order chi connectivity index (χ1) is 14.7. The van der Waals surface area contributed by atoms with Crippen LogP contribution in [0.2, 0.25) is 0 Å². The number of fused-ring (bicyclic) bond motifs is 1. The van der Waals surface area contributed by atoms with Crippen LogP contribution in [0, 0.1) is 5.92 Å². The maximum Gasteiger partial charge on any atom is 0.225 e. The summed E-state index contributed by atoms with van der Waals surface area (Å²) in [5.74, 6) is 0.713. The number of para-hydroxylation sites is 1. The Morgan fingerprint density at radius 2 is 1.80 bits per heavy atom. The largest absolute Gasteiger partial charge is 0.355 e. The Kier molecular flexibility index (Phi) is 6.72. The van der Waals surface area contributed by atoms with Crippen molar-refractivity contribution in [2.24, 2.45) is 5.92 Å². The van der Waals surface area contributed by atoms with Crippen molar-refractivity contribution in [2.75, 3.05) is 39.3 Å². The van der Waals surface area contributed by atoms with Gasteiger partial charge in [-0.2, -0.15) is 0 Å². The number of amides is 2. The Labute approximate surface area is 179 Å². The summed E-state index contributed by atoms with van der Waals surface area (Å²) >= 11 is 0. The predicted octanol–water partition coefficient (Wildman–Crippen LogP) is 2.65. The zero-order chi connectivity index (χ0) is 20.9. The molecule has 30 heavy (non-hydrogen) atoms. The molecule has 2 heterocycles. The van der Waals surface area contributed by atoms with Crippen LogP contribution in [0.5, 0.6) is 0 Å². The molecule has 1 aromatic heterocycles. The lowest BCUT2D eigenvalue weighted by atomic mass is 10.1. The molecule has 1 aliphatic heterocycles. The average molecular weight is 411 g/mol. The average Bonchev–Trinajstić information content (AvgIpc) is 3.42. The number of hydrogen-bond donors (Lipinski definition) is 1. The van der Waals surface area contributed by atoms with Gasteiger partial charge in [0.2, 0.25) is 11.8 Å². The molecule has 1 N–H and O–H groups in total. The van der Waals surface area contributed by atoms with Crippen molar-refractivity contribution < 1.29 is 9.59 Å². The molecule has 6 nitrogen and oxygen atoms in total. The molecule has 0 unspecified atom stereocenters. The van der Waals surface area contributed by atoms with Crippen molar-refractivity contribution >= 4 is 22.7 Å². The highest BCUT2D eigenvalue weighted by atomic mass is 16.2. The minimum Gasteiger partial charge on any atom is -0.355 e. The normalized spacial score (nSPS) is 18.2. The number of benzene rings is 1. The second kappa shape index (κ2) is 9.65. The van der Waals surface area contributed by atoms with Crippen molar-refractivity contribution in [3.8, 4) is 0 Å². The molecule has 2 fully saturated rings. The predicted molar refractivity (Wildman–Crippen MR) is 119 cm³/mol. The molecule has 2 aromatic rings. The number of nitrogens with one attached hydrogen (secondary N) is 1. The van der Waals surface area contributed by atoms with Crippen LogP contribution in [0.15, 0.2) is 30.5 Å². The fourth-order valence-corrected chi connectivity index (χ4v) is 4.94. The van der Waals surface area contributed by atoms with Crippen LogP contribution < -0.4 is 5.32 Å². The van der Waals surface area contributed by atoms with E-state index in [9.17, 15) is 9.59 Å². The number of nitrogens with zero attached hydrogens (tertiary/aromatic N) is 3. The summed E-state index contributed by atoms with van der Waals surface area (Å²) in [6.45, 7) is 7.96. The standard InChI is InChI=1S/C24H34N4O2/c1-2-27-18-20(21-9-5-6-10-22(21)27)17-23(29)25-11-12-26-13-15-28(16-14-26)24(30)19-7-3-4-8-19/h5-6,9-10,18-19H,2-4,7-8,11-17H2,1H3,(H,25,29). The van der Waals surface area contributed by atoms with Crippen molar-refractivity contribution in [3.63, 3.8) is 0 Å². The molecule has 0 bridgehead atoms. The summed E-state index contributed by atoms with van der Waals surface area (Å²) in [7, 11) is 0. The van der Waals surface area contributed by atoms with Gasteiger partial charge in [0.05, 0.1) is 6.42 Å². The van der Waals surface area contributed by atoms with Gasteiger partial charge < -0.3 is 14.8 Å². The molecule has 2 amide bonds. The van der Waals surface area contributed by atoms with Crippen LogP contribution in [0.1, 0.15) is 38.2 Å². The summed E-state index contributed by atoms with van der Waals surface area (Å²) in [6.07, 6.45) is 7.07. The summed E-state index contributed by atoms with van der Waals surface area (Å²) in [4.78, 5) is 29.4. The zero-order valence-corrected chi connectivity index (χ0v) is 18.1. The van der Waals surface area contributed by atoms with E-state index in [2.05, 4.69) is 44.9 Å². The van der Waals surface area contributed by atoms with Crippen LogP contribution in [0.25, 0.3) is 10.9 Å². The summed E-state index contributed by atoms with van der Waals surface area (Å²) in [6, 6.07) is 8.27. The van der Waals surface area contributed by atoms with Crippen LogP contribution in [0.3, 0.4) is 0 Å². The lowest BCUT2D eigenvalue weighted by Crippen LogP contribution is -2.51. The van der Waals surface area contributed by atoms with Crippen LogP contribution >= 0.6 is 0 Å². The van der Waals surface area contributed by atoms with Gasteiger partial charge in [-0.1, -0.05) is 31.0 Å². The summed E-state index contributed by atoms with van der Waals surface area (Å²) in [5, 5.41) is 4.24. The summed E-state index contributed by atoms with van der Waals surface area (Å²) < 4.78 is 2.20. The quantitative estimate of drug-likeness (QED) is 0.764. The van der Waals surface area contributed by atoms with E-state index in [1.807, 2.05) is 12.1 Å². The lowest BCUT2D eigenvalue weighted by molar-refractivity contribution is -0.137. The Balaban J connectivity index is 1.20. The van der Waals surface area contributed by atoms with E-state index < -0.39 is 0 Å². The molecule has 0 spiro atoms. The van der Waals surface area contributed by atoms with E-state index in [4.69, 9.17) is 0 Å². The zero-order valence-electron chi connectivity index (χ0n) is 18.1. The highest BCUT2D eigenvalue weighted by molar-refractivity contribution is 5.89. The van der Waals surface area contributed by atoms with Crippen molar-refractivity contribution in [3.05, 3.63) is 36.0 Å². The van der Waals surface area contributed by atoms with Crippen molar-refractivity contribution in [1.29, 1.82) is 0 Å². The van der Waals surface area contributed by atoms with E-state index in [0.29, 0.717) is 18.9 Å². The van der Waals surface area contributed by atoms with E-state index in [1.165, 1.54) is 18.4 Å². The topological polar surface area (TPSA) is 57.6 Å². The molecule has 4 rings (SSSR count). The minimum absolute atomic E-state index is 0.0732. The third kappa shape index (κ3) is 4.69. The maximum atomic E-state index is 12.5. The van der Waals surface area contributed by atoms with E-state index in [0.717, 1.165) is 63.1 Å². The minimum atomic E-state index is 0.0732. The maximum absolute atomic E-state index is 12.5.